The molecule has 1 fully saturated rings. The lowest BCUT2D eigenvalue weighted by atomic mass is 10.0. The van der Waals surface area contributed by atoms with Crippen LogP contribution in [0.25, 0.3) is 0 Å². The van der Waals surface area contributed by atoms with Crippen LogP contribution in [0.15, 0.2) is 29.3 Å². The molecule has 164 valence electrons. The minimum Gasteiger partial charge on any atom is -0.497 e. The van der Waals surface area contributed by atoms with Crippen LogP contribution >= 0.6 is 0 Å². The fourth-order valence-electron chi connectivity index (χ4n) is 3.50. The van der Waals surface area contributed by atoms with Gasteiger partial charge in [-0.1, -0.05) is 18.6 Å². The van der Waals surface area contributed by atoms with Crippen molar-refractivity contribution in [3.05, 3.63) is 29.8 Å². The van der Waals surface area contributed by atoms with Crippen LogP contribution in [0.1, 0.15) is 51.6 Å². The number of hydrogen-bond donors (Lipinski definition) is 2. The molecule has 1 aliphatic rings. The molecule has 1 aromatic carbocycles. The molecule has 29 heavy (non-hydrogen) atoms. The first-order valence-electron chi connectivity index (χ1n) is 10.6. The van der Waals surface area contributed by atoms with E-state index in [4.69, 9.17) is 4.74 Å². The Bertz CT molecular complexity index is 664. The summed E-state index contributed by atoms with van der Waals surface area (Å²) in [6.45, 7) is 9.68. The molecular formula is C22H38N4O2S. The minimum atomic E-state index is -0.871. The van der Waals surface area contributed by atoms with Gasteiger partial charge in [0.25, 0.3) is 0 Å². The van der Waals surface area contributed by atoms with Crippen molar-refractivity contribution in [3.8, 4) is 5.75 Å². The van der Waals surface area contributed by atoms with Gasteiger partial charge in [-0.05, 0) is 64.4 Å². The molecule has 0 radical (unpaired) electrons. The second-order valence-corrected chi connectivity index (χ2v) is 10.8. The van der Waals surface area contributed by atoms with E-state index in [1.165, 1.54) is 24.8 Å². The van der Waals surface area contributed by atoms with Crippen LogP contribution in [-0.2, 0) is 10.8 Å². The normalized spacial score (nSPS) is 18.2. The second kappa shape index (κ2) is 11.6. The van der Waals surface area contributed by atoms with Crippen LogP contribution in [0.5, 0.6) is 5.75 Å². The molecule has 1 saturated heterocycles. The number of likely N-dealkylation sites (tertiary alicyclic amines) is 1. The molecule has 1 aromatic rings. The van der Waals surface area contributed by atoms with Crippen molar-refractivity contribution in [2.24, 2.45) is 4.99 Å². The number of ether oxygens (including phenoxy) is 1. The third-order valence-electron chi connectivity index (χ3n) is 5.28. The highest BCUT2D eigenvalue weighted by atomic mass is 32.2. The third kappa shape index (κ3) is 7.63. The lowest BCUT2D eigenvalue weighted by Gasteiger charge is -2.35. The zero-order valence-electron chi connectivity index (χ0n) is 18.7. The zero-order valence-corrected chi connectivity index (χ0v) is 19.5. The Balaban J connectivity index is 1.97. The van der Waals surface area contributed by atoms with E-state index < -0.39 is 10.8 Å². The van der Waals surface area contributed by atoms with E-state index in [2.05, 4.69) is 32.7 Å². The Morgan fingerprint density at radius 2 is 1.83 bits per heavy atom. The van der Waals surface area contributed by atoms with Gasteiger partial charge in [0.1, 0.15) is 5.75 Å². The predicted molar refractivity (Wildman–Crippen MR) is 123 cm³/mol. The maximum Gasteiger partial charge on any atom is 0.191 e. The Morgan fingerprint density at radius 1 is 1.17 bits per heavy atom. The summed E-state index contributed by atoms with van der Waals surface area (Å²) in [5, 5.41) is 6.78. The molecule has 2 rings (SSSR count). The van der Waals surface area contributed by atoms with E-state index in [-0.39, 0.29) is 10.8 Å². The van der Waals surface area contributed by atoms with Crippen molar-refractivity contribution in [3.63, 3.8) is 0 Å². The molecule has 0 spiro atoms. The molecule has 2 unspecified atom stereocenters. The quantitative estimate of drug-likeness (QED) is 0.498. The predicted octanol–water partition coefficient (Wildman–Crippen LogP) is 2.93. The van der Waals surface area contributed by atoms with Crippen molar-refractivity contribution in [1.29, 1.82) is 0 Å². The molecule has 7 heteroatoms. The molecule has 1 heterocycles. The maximum atomic E-state index is 12.2. The second-order valence-electron chi connectivity index (χ2n) is 8.43. The molecule has 2 atom stereocenters. The topological polar surface area (TPSA) is 66.0 Å². The number of methoxy groups -OCH3 is 1. The van der Waals surface area contributed by atoms with Gasteiger partial charge in [0.15, 0.2) is 5.96 Å². The Labute approximate surface area is 179 Å². The maximum absolute atomic E-state index is 12.2. The van der Waals surface area contributed by atoms with Crippen molar-refractivity contribution < 1.29 is 8.95 Å². The smallest absolute Gasteiger partial charge is 0.191 e. The van der Waals surface area contributed by atoms with E-state index in [9.17, 15) is 4.21 Å². The summed E-state index contributed by atoms with van der Waals surface area (Å²) < 4.78 is 17.4. The van der Waals surface area contributed by atoms with Gasteiger partial charge in [0.2, 0.25) is 0 Å². The summed E-state index contributed by atoms with van der Waals surface area (Å²) in [5.41, 5.74) is 1.28. The lowest BCUT2D eigenvalue weighted by molar-refractivity contribution is 0.164. The van der Waals surface area contributed by atoms with E-state index in [0.717, 1.165) is 31.3 Å². The average Bonchev–Trinajstić information content (AvgIpc) is 2.73. The highest BCUT2D eigenvalue weighted by Gasteiger charge is 2.23. The van der Waals surface area contributed by atoms with Gasteiger partial charge in [-0.15, -0.1) is 0 Å². The number of hydrogen-bond acceptors (Lipinski definition) is 4. The molecule has 0 aromatic heterocycles. The molecule has 2 N–H and O–H groups in total. The van der Waals surface area contributed by atoms with Gasteiger partial charge in [0, 0.05) is 41.4 Å². The SMILES string of the molecule is CN=C(NCCS(=O)C(C)(C)C)NCC(c1ccc(OC)cc1)N1CCCCC1. The van der Waals surface area contributed by atoms with Gasteiger partial charge in [-0.2, -0.15) is 0 Å². The standard InChI is InChI=1S/C22H38N4O2S/c1-22(2,3)29(27)16-13-24-21(23-4)25-17-20(26-14-7-6-8-15-26)18-9-11-19(28-5)12-10-18/h9-12,20H,6-8,13-17H2,1-5H3,(H2,23,24,25). The summed E-state index contributed by atoms with van der Waals surface area (Å²) in [6, 6.07) is 8.65. The summed E-state index contributed by atoms with van der Waals surface area (Å²) in [7, 11) is 2.60. The van der Waals surface area contributed by atoms with Crippen molar-refractivity contribution in [1.82, 2.24) is 15.5 Å². The van der Waals surface area contributed by atoms with Crippen LogP contribution in [0.2, 0.25) is 0 Å². The number of piperidine rings is 1. The molecule has 0 amide bonds. The highest BCUT2D eigenvalue weighted by Crippen LogP contribution is 2.25. The Hall–Kier alpha value is -1.60. The average molecular weight is 423 g/mol. The van der Waals surface area contributed by atoms with Crippen LogP contribution in [0.4, 0.5) is 0 Å². The highest BCUT2D eigenvalue weighted by molar-refractivity contribution is 7.86. The van der Waals surface area contributed by atoms with Crippen molar-refractivity contribution >= 4 is 16.8 Å². The first kappa shape index (κ1) is 23.7. The number of nitrogens with one attached hydrogen (secondary N) is 2. The number of aliphatic imine (C=N–C) groups is 1. The van der Waals surface area contributed by atoms with Crippen LogP contribution < -0.4 is 15.4 Å². The largest absolute Gasteiger partial charge is 0.497 e. The third-order valence-corrected chi connectivity index (χ3v) is 7.22. The van der Waals surface area contributed by atoms with Gasteiger partial charge >= 0.3 is 0 Å². The first-order valence-corrected chi connectivity index (χ1v) is 11.9. The Morgan fingerprint density at radius 3 is 2.38 bits per heavy atom. The fourth-order valence-corrected chi connectivity index (χ4v) is 4.40. The molecular weight excluding hydrogens is 384 g/mol. The van der Waals surface area contributed by atoms with E-state index in [1.54, 1.807) is 14.2 Å². The monoisotopic (exact) mass is 422 g/mol. The van der Waals surface area contributed by atoms with Crippen LogP contribution in [0.3, 0.4) is 0 Å². The van der Waals surface area contributed by atoms with Crippen molar-refractivity contribution in [2.45, 2.75) is 50.8 Å². The molecule has 0 saturated carbocycles. The summed E-state index contributed by atoms with van der Waals surface area (Å²) in [5.74, 6) is 2.24. The van der Waals surface area contributed by atoms with E-state index in [1.807, 2.05) is 32.9 Å². The van der Waals surface area contributed by atoms with Gasteiger partial charge < -0.3 is 15.4 Å². The number of benzene rings is 1. The number of rotatable bonds is 8. The summed E-state index contributed by atoms with van der Waals surface area (Å²) >= 11 is 0. The van der Waals surface area contributed by atoms with Gasteiger partial charge in [-0.25, -0.2) is 0 Å². The molecule has 0 bridgehead atoms. The number of guanidine groups is 1. The van der Waals surface area contributed by atoms with Gasteiger partial charge in [-0.3, -0.25) is 14.1 Å². The zero-order chi connectivity index (χ0) is 21.3. The van der Waals surface area contributed by atoms with E-state index in [0.29, 0.717) is 12.3 Å². The number of nitrogens with zero attached hydrogens (tertiary/aromatic N) is 2. The fraction of sp³-hybridized carbons (Fsp3) is 0.682. The lowest BCUT2D eigenvalue weighted by Crippen LogP contribution is -2.45. The minimum absolute atomic E-state index is 0.188. The summed E-state index contributed by atoms with van der Waals surface area (Å²) in [6.07, 6.45) is 3.81. The molecule has 1 aliphatic heterocycles. The van der Waals surface area contributed by atoms with Crippen LogP contribution in [0, 0.1) is 0 Å². The molecule has 6 nitrogen and oxygen atoms in total. The van der Waals surface area contributed by atoms with E-state index >= 15 is 0 Å². The first-order chi connectivity index (χ1) is 13.8. The van der Waals surface area contributed by atoms with Crippen LogP contribution in [-0.4, -0.2) is 65.9 Å². The van der Waals surface area contributed by atoms with Crippen molar-refractivity contribution in [2.75, 3.05) is 46.1 Å². The Kier molecular flexibility index (Phi) is 9.43. The van der Waals surface area contributed by atoms with Gasteiger partial charge in [0.05, 0.1) is 13.2 Å². The summed E-state index contributed by atoms with van der Waals surface area (Å²) in [4.78, 5) is 6.90. The molecule has 0 aliphatic carbocycles.